The summed E-state index contributed by atoms with van der Waals surface area (Å²) in [6.07, 6.45) is 0.219. The average Bonchev–Trinajstić information content (AvgIpc) is 2.11. The molecule has 0 spiro atoms. The van der Waals surface area contributed by atoms with Crippen LogP contribution in [-0.2, 0) is 11.2 Å². The summed E-state index contributed by atoms with van der Waals surface area (Å²) in [6, 6.07) is 3.54. The van der Waals surface area contributed by atoms with Crippen LogP contribution in [0, 0.1) is 12.7 Å². The van der Waals surface area contributed by atoms with Gasteiger partial charge >= 0.3 is 5.97 Å². The van der Waals surface area contributed by atoms with Crippen molar-refractivity contribution in [3.8, 4) is 0 Å². The monoisotopic (exact) mass is 233 g/mol. The van der Waals surface area contributed by atoms with Crippen molar-refractivity contribution in [2.75, 3.05) is 0 Å². The molecule has 1 aromatic carbocycles. The molecule has 0 heterocycles. The topological polar surface area (TPSA) is 63.3 Å². The number of aliphatic carboxylic acids is 1. The van der Waals surface area contributed by atoms with E-state index in [9.17, 15) is 9.18 Å². The summed E-state index contributed by atoms with van der Waals surface area (Å²) in [5, 5.41) is 8.57. The lowest BCUT2D eigenvalue weighted by atomic mass is 10.0. The molecule has 3 nitrogen and oxygen atoms in total. The third-order valence-corrected chi connectivity index (χ3v) is 2.00. The van der Waals surface area contributed by atoms with Gasteiger partial charge in [0.2, 0.25) is 0 Å². The first-order valence-electron chi connectivity index (χ1n) is 4.24. The smallest absolute Gasteiger partial charge is 0.320 e. The van der Waals surface area contributed by atoms with Gasteiger partial charge in [0.1, 0.15) is 11.9 Å². The highest BCUT2D eigenvalue weighted by molar-refractivity contribution is 5.85. The van der Waals surface area contributed by atoms with Gasteiger partial charge in [-0.2, -0.15) is 0 Å². The van der Waals surface area contributed by atoms with Crippen molar-refractivity contribution in [2.24, 2.45) is 5.73 Å². The lowest BCUT2D eigenvalue weighted by Gasteiger charge is -2.07. The number of benzene rings is 1. The van der Waals surface area contributed by atoms with E-state index >= 15 is 0 Å². The molecular weight excluding hydrogens is 221 g/mol. The molecule has 0 saturated heterocycles. The molecule has 1 rings (SSSR count). The highest BCUT2D eigenvalue weighted by atomic mass is 35.5. The van der Waals surface area contributed by atoms with Crippen molar-refractivity contribution in [1.82, 2.24) is 0 Å². The van der Waals surface area contributed by atoms with Crippen LogP contribution in [0.1, 0.15) is 11.1 Å². The van der Waals surface area contributed by atoms with Gasteiger partial charge in [-0.25, -0.2) is 4.39 Å². The van der Waals surface area contributed by atoms with E-state index in [1.165, 1.54) is 6.07 Å². The van der Waals surface area contributed by atoms with Gasteiger partial charge in [0.25, 0.3) is 0 Å². The van der Waals surface area contributed by atoms with E-state index in [4.69, 9.17) is 10.8 Å². The van der Waals surface area contributed by atoms with Crippen LogP contribution in [0.2, 0.25) is 0 Å². The number of carboxylic acids is 1. The van der Waals surface area contributed by atoms with E-state index in [1.807, 2.05) is 0 Å². The lowest BCUT2D eigenvalue weighted by molar-refractivity contribution is -0.138. The summed E-state index contributed by atoms with van der Waals surface area (Å²) in [5.74, 6) is -1.34. The maximum atomic E-state index is 12.8. The van der Waals surface area contributed by atoms with Crippen molar-refractivity contribution in [1.29, 1.82) is 0 Å². The zero-order valence-corrected chi connectivity index (χ0v) is 9.05. The fraction of sp³-hybridized carbons (Fsp3) is 0.300. The fourth-order valence-corrected chi connectivity index (χ4v) is 1.18. The molecule has 84 valence electrons. The molecule has 0 aliphatic rings. The van der Waals surface area contributed by atoms with Gasteiger partial charge in [-0.05, 0) is 30.5 Å². The Balaban J connectivity index is 0.00000196. The molecule has 0 unspecified atom stereocenters. The van der Waals surface area contributed by atoms with Gasteiger partial charge < -0.3 is 10.8 Å². The Bertz CT molecular complexity index is 357. The molecule has 0 aliphatic carbocycles. The van der Waals surface area contributed by atoms with Crippen molar-refractivity contribution in [2.45, 2.75) is 19.4 Å². The van der Waals surface area contributed by atoms with E-state index in [0.717, 1.165) is 5.56 Å². The molecule has 0 saturated carbocycles. The molecule has 15 heavy (non-hydrogen) atoms. The summed E-state index contributed by atoms with van der Waals surface area (Å²) in [6.45, 7) is 1.63. The van der Waals surface area contributed by atoms with Crippen LogP contribution in [0.5, 0.6) is 0 Å². The quantitative estimate of drug-likeness (QED) is 0.832. The molecule has 0 aliphatic heterocycles. The molecule has 1 aromatic rings. The van der Waals surface area contributed by atoms with Gasteiger partial charge in [0.05, 0.1) is 0 Å². The van der Waals surface area contributed by atoms with Crippen molar-refractivity contribution in [3.05, 3.63) is 35.1 Å². The highest BCUT2D eigenvalue weighted by Gasteiger charge is 2.12. The van der Waals surface area contributed by atoms with Gasteiger partial charge in [0, 0.05) is 0 Å². The number of carbonyl (C=O) groups is 1. The van der Waals surface area contributed by atoms with Gasteiger partial charge in [-0.3, -0.25) is 4.79 Å². The summed E-state index contributed by atoms with van der Waals surface area (Å²) in [7, 11) is 0. The highest BCUT2D eigenvalue weighted by Crippen LogP contribution is 2.10. The minimum absolute atomic E-state index is 0. The van der Waals surface area contributed by atoms with E-state index in [0.29, 0.717) is 5.56 Å². The molecule has 0 amide bonds. The lowest BCUT2D eigenvalue weighted by Crippen LogP contribution is -2.32. The van der Waals surface area contributed by atoms with Gasteiger partial charge in [0.15, 0.2) is 0 Å². The predicted molar refractivity (Wildman–Crippen MR) is 57.7 cm³/mol. The second kappa shape index (κ2) is 5.68. The minimum atomic E-state index is -1.05. The largest absolute Gasteiger partial charge is 0.480 e. The average molecular weight is 234 g/mol. The van der Waals surface area contributed by atoms with Crippen molar-refractivity contribution in [3.63, 3.8) is 0 Å². The number of carboxylic acid groups (broad SMARTS) is 1. The first-order chi connectivity index (χ1) is 6.50. The van der Waals surface area contributed by atoms with Crippen LogP contribution in [0.25, 0.3) is 0 Å². The number of nitrogens with two attached hydrogens (primary N) is 1. The van der Waals surface area contributed by atoms with E-state index in [1.54, 1.807) is 19.1 Å². The van der Waals surface area contributed by atoms with E-state index in [-0.39, 0.29) is 24.6 Å². The molecular formula is C10H13ClFNO2. The number of rotatable bonds is 3. The summed E-state index contributed by atoms with van der Waals surface area (Å²) < 4.78 is 12.8. The van der Waals surface area contributed by atoms with Crippen molar-refractivity contribution < 1.29 is 14.3 Å². The zero-order chi connectivity index (χ0) is 10.7. The van der Waals surface area contributed by atoms with Crippen LogP contribution in [0.15, 0.2) is 18.2 Å². The standard InChI is InChI=1S/C10H12FNO2.ClH/c1-6-4-7(2-3-8(6)11)5-9(12)10(13)14;/h2-4,9H,5,12H2,1H3,(H,13,14);1H/t9-;/m1./s1. The summed E-state index contributed by atoms with van der Waals surface area (Å²) >= 11 is 0. The Morgan fingerprint density at radius 3 is 2.67 bits per heavy atom. The first kappa shape index (κ1) is 13.9. The summed E-state index contributed by atoms with van der Waals surface area (Å²) in [4.78, 5) is 10.5. The maximum Gasteiger partial charge on any atom is 0.320 e. The van der Waals surface area contributed by atoms with Crippen molar-refractivity contribution >= 4 is 18.4 Å². The van der Waals surface area contributed by atoms with Crippen LogP contribution < -0.4 is 5.73 Å². The second-order valence-electron chi connectivity index (χ2n) is 3.23. The molecule has 0 fully saturated rings. The third kappa shape index (κ3) is 3.85. The SMILES string of the molecule is Cc1cc(C[C@@H](N)C(=O)O)ccc1F.Cl. The number of hydrogen-bond donors (Lipinski definition) is 2. The van der Waals surface area contributed by atoms with Crippen LogP contribution >= 0.6 is 12.4 Å². The molecule has 5 heteroatoms. The maximum absolute atomic E-state index is 12.8. The Morgan fingerprint density at radius 1 is 1.60 bits per heavy atom. The Labute approximate surface area is 93.5 Å². The molecule has 0 aromatic heterocycles. The van der Waals surface area contributed by atoms with Crippen LogP contribution in [0.4, 0.5) is 4.39 Å². The number of aryl methyl sites for hydroxylation is 1. The predicted octanol–water partition coefficient (Wildman–Crippen LogP) is 1.51. The normalized spacial score (nSPS) is 11.7. The Morgan fingerprint density at radius 2 is 2.20 bits per heavy atom. The number of halogens is 2. The molecule has 0 bridgehead atoms. The minimum Gasteiger partial charge on any atom is -0.480 e. The summed E-state index contributed by atoms with van der Waals surface area (Å²) in [5.41, 5.74) is 6.58. The molecule has 1 atom stereocenters. The van der Waals surface area contributed by atoms with Crippen LogP contribution in [0.3, 0.4) is 0 Å². The fourth-order valence-electron chi connectivity index (χ4n) is 1.18. The number of hydrogen-bond acceptors (Lipinski definition) is 2. The van der Waals surface area contributed by atoms with E-state index < -0.39 is 12.0 Å². The molecule has 0 radical (unpaired) electrons. The third-order valence-electron chi connectivity index (χ3n) is 2.00. The second-order valence-corrected chi connectivity index (χ2v) is 3.23. The van der Waals surface area contributed by atoms with Gasteiger partial charge in [-0.1, -0.05) is 12.1 Å². The van der Waals surface area contributed by atoms with Crippen LogP contribution in [-0.4, -0.2) is 17.1 Å². The zero-order valence-electron chi connectivity index (χ0n) is 8.24. The first-order valence-corrected chi connectivity index (χ1v) is 4.24. The molecule has 3 N–H and O–H groups in total. The Kier molecular flexibility index (Phi) is 5.25. The Hall–Kier alpha value is -1.13. The van der Waals surface area contributed by atoms with E-state index in [2.05, 4.69) is 0 Å². The van der Waals surface area contributed by atoms with Gasteiger partial charge in [-0.15, -0.1) is 12.4 Å².